The maximum absolute atomic E-state index is 13.0. The number of amides is 3. The Morgan fingerprint density at radius 1 is 0.943 bits per heavy atom. The van der Waals surface area contributed by atoms with E-state index in [-0.39, 0.29) is 5.91 Å². The highest BCUT2D eigenvalue weighted by Gasteiger charge is 2.18. The summed E-state index contributed by atoms with van der Waals surface area (Å²) in [6, 6.07) is 20.1. The number of hydrogen-bond acceptors (Lipinski definition) is 4. The molecular formula is C25H20Cl2N4O3S. The molecule has 4 aromatic rings. The summed E-state index contributed by atoms with van der Waals surface area (Å²) in [5.41, 5.74) is 2.12. The van der Waals surface area contributed by atoms with Crippen LogP contribution in [0.4, 0.5) is 21.9 Å². The van der Waals surface area contributed by atoms with E-state index in [9.17, 15) is 9.59 Å². The molecule has 7 nitrogen and oxygen atoms in total. The Morgan fingerprint density at radius 3 is 2.23 bits per heavy atom. The van der Waals surface area contributed by atoms with Crippen molar-refractivity contribution in [1.29, 1.82) is 0 Å². The maximum Gasteiger partial charge on any atom is 0.336 e. The summed E-state index contributed by atoms with van der Waals surface area (Å²) in [5.74, 6) is 0.713. The van der Waals surface area contributed by atoms with E-state index < -0.39 is 6.03 Å². The average molecular weight is 527 g/mol. The Kier molecular flexibility index (Phi) is 7.55. The van der Waals surface area contributed by atoms with Crippen LogP contribution in [0.2, 0.25) is 10.0 Å². The third-order valence-corrected chi connectivity index (χ3v) is 5.81. The van der Waals surface area contributed by atoms with Crippen LogP contribution >= 0.6 is 36.0 Å². The van der Waals surface area contributed by atoms with Crippen LogP contribution in [0.3, 0.4) is 0 Å². The lowest BCUT2D eigenvalue weighted by atomic mass is 10.2. The average Bonchev–Trinajstić information content (AvgIpc) is 3.36. The predicted octanol–water partition coefficient (Wildman–Crippen LogP) is 7.42. The quantitative estimate of drug-likeness (QED) is 0.229. The third kappa shape index (κ3) is 6.10. The molecule has 0 radical (unpaired) electrons. The zero-order chi connectivity index (χ0) is 24.9. The van der Waals surface area contributed by atoms with Gasteiger partial charge in [0.05, 0.1) is 22.1 Å². The summed E-state index contributed by atoms with van der Waals surface area (Å²) < 4.78 is 9.04. The molecule has 0 aliphatic heterocycles. The fourth-order valence-electron chi connectivity index (χ4n) is 3.22. The van der Waals surface area contributed by atoms with Crippen molar-refractivity contribution >= 4 is 65.0 Å². The van der Waals surface area contributed by atoms with Gasteiger partial charge >= 0.3 is 6.03 Å². The minimum atomic E-state index is -0.536. The first-order valence-corrected chi connectivity index (χ1v) is 11.5. The van der Waals surface area contributed by atoms with Crippen LogP contribution in [-0.2, 0) is 4.79 Å². The van der Waals surface area contributed by atoms with Gasteiger partial charge in [-0.05, 0) is 66.7 Å². The predicted molar refractivity (Wildman–Crippen MR) is 144 cm³/mol. The molecule has 35 heavy (non-hydrogen) atoms. The second kappa shape index (κ2) is 10.8. The minimum Gasteiger partial charge on any atom is -0.455 e. The number of ether oxygens (including phenoxy) is 1. The van der Waals surface area contributed by atoms with Crippen LogP contribution in [0.15, 0.2) is 85.2 Å². The zero-order valence-electron chi connectivity index (χ0n) is 18.4. The van der Waals surface area contributed by atoms with E-state index in [0.717, 1.165) is 4.31 Å². The van der Waals surface area contributed by atoms with Gasteiger partial charge in [0.25, 0.3) is 0 Å². The summed E-state index contributed by atoms with van der Waals surface area (Å²) in [7, 11) is 0. The van der Waals surface area contributed by atoms with Gasteiger partial charge in [0.1, 0.15) is 5.75 Å². The number of hydrogen-bond donors (Lipinski definition) is 3. The number of carbonyl (C=O) groups excluding carboxylic acids is 2. The van der Waals surface area contributed by atoms with Gasteiger partial charge in [-0.15, -0.1) is 0 Å². The first-order chi connectivity index (χ1) is 16.8. The number of urea groups is 1. The molecule has 0 unspecified atom stereocenters. The molecule has 0 bridgehead atoms. The van der Waals surface area contributed by atoms with Gasteiger partial charge in [0.15, 0.2) is 5.75 Å². The second-order valence-electron chi connectivity index (χ2n) is 7.42. The first kappa shape index (κ1) is 24.5. The number of rotatable bonds is 6. The number of benzene rings is 3. The molecule has 3 amide bonds. The van der Waals surface area contributed by atoms with E-state index >= 15 is 0 Å². The molecule has 0 atom stereocenters. The Hall–Kier alpha value is -3.59. The molecule has 0 saturated carbocycles. The monoisotopic (exact) mass is 526 g/mol. The molecule has 2 N–H and O–H groups in total. The van der Waals surface area contributed by atoms with Crippen molar-refractivity contribution in [3.8, 4) is 17.2 Å². The lowest BCUT2D eigenvalue weighted by Gasteiger charge is -2.20. The van der Waals surface area contributed by atoms with Gasteiger partial charge in [-0.1, -0.05) is 36.0 Å². The largest absolute Gasteiger partial charge is 0.455 e. The van der Waals surface area contributed by atoms with Crippen molar-refractivity contribution in [3.63, 3.8) is 0 Å². The van der Waals surface area contributed by atoms with E-state index in [4.69, 9.17) is 27.9 Å². The number of halogens is 2. The Bertz CT molecular complexity index is 1340. The highest BCUT2D eigenvalue weighted by atomic mass is 35.5. The van der Waals surface area contributed by atoms with Crippen LogP contribution in [0, 0.1) is 0 Å². The van der Waals surface area contributed by atoms with Crippen LogP contribution in [-0.4, -0.2) is 16.5 Å². The fraction of sp³-hybridized carbons (Fsp3) is 0.0400. The van der Waals surface area contributed by atoms with E-state index in [1.165, 1.54) is 6.92 Å². The van der Waals surface area contributed by atoms with E-state index in [2.05, 4.69) is 23.4 Å². The zero-order valence-corrected chi connectivity index (χ0v) is 20.8. The van der Waals surface area contributed by atoms with E-state index in [1.807, 2.05) is 29.1 Å². The fourth-order valence-corrected chi connectivity index (χ4v) is 3.79. The van der Waals surface area contributed by atoms with Crippen LogP contribution in [0.25, 0.3) is 5.69 Å². The summed E-state index contributed by atoms with van der Waals surface area (Å²) in [5, 5.41) is 6.45. The summed E-state index contributed by atoms with van der Waals surface area (Å²) >= 11 is 16.9. The van der Waals surface area contributed by atoms with Crippen molar-refractivity contribution in [2.75, 3.05) is 14.9 Å². The Labute approximate surface area is 217 Å². The summed E-state index contributed by atoms with van der Waals surface area (Å²) in [6.45, 7) is 1.42. The molecule has 1 aromatic heterocycles. The Balaban J connectivity index is 1.62. The number of thiol groups is 1. The van der Waals surface area contributed by atoms with Crippen molar-refractivity contribution < 1.29 is 14.3 Å². The second-order valence-corrected chi connectivity index (χ2v) is 8.66. The van der Waals surface area contributed by atoms with Gasteiger partial charge in [-0.25, -0.2) is 9.10 Å². The topological polar surface area (TPSA) is 75.6 Å². The van der Waals surface area contributed by atoms with Gasteiger partial charge < -0.3 is 19.9 Å². The van der Waals surface area contributed by atoms with Crippen molar-refractivity contribution in [1.82, 2.24) is 4.57 Å². The molecule has 0 spiro atoms. The van der Waals surface area contributed by atoms with Gasteiger partial charge in [0.2, 0.25) is 5.91 Å². The number of nitrogens with one attached hydrogen (secondary N) is 2. The van der Waals surface area contributed by atoms with Crippen LogP contribution < -0.4 is 19.7 Å². The molecule has 4 rings (SSSR count). The molecule has 3 aromatic carbocycles. The van der Waals surface area contributed by atoms with Crippen molar-refractivity contribution in [3.05, 3.63) is 95.2 Å². The van der Waals surface area contributed by atoms with Gasteiger partial charge in [0, 0.05) is 36.1 Å². The lowest BCUT2D eigenvalue weighted by molar-refractivity contribution is -0.114. The molecular weight excluding hydrogens is 507 g/mol. The van der Waals surface area contributed by atoms with Crippen LogP contribution in [0.1, 0.15) is 6.92 Å². The van der Waals surface area contributed by atoms with E-state index in [1.54, 1.807) is 60.7 Å². The minimum absolute atomic E-state index is 0.188. The Morgan fingerprint density at radius 2 is 1.60 bits per heavy atom. The van der Waals surface area contributed by atoms with Crippen molar-refractivity contribution in [2.45, 2.75) is 6.92 Å². The van der Waals surface area contributed by atoms with Gasteiger partial charge in [-0.2, -0.15) is 0 Å². The first-order valence-electron chi connectivity index (χ1n) is 10.4. The normalized spacial score (nSPS) is 10.5. The smallest absolute Gasteiger partial charge is 0.336 e. The lowest BCUT2D eigenvalue weighted by Crippen LogP contribution is -2.27. The molecule has 178 valence electrons. The molecule has 0 aliphatic carbocycles. The van der Waals surface area contributed by atoms with Crippen LogP contribution in [0.5, 0.6) is 11.5 Å². The molecule has 10 heteroatoms. The number of nitrogens with zero attached hydrogens (tertiary/aromatic N) is 2. The number of anilines is 3. The number of aromatic nitrogens is 1. The molecule has 1 heterocycles. The highest BCUT2D eigenvalue weighted by Crippen LogP contribution is 2.37. The van der Waals surface area contributed by atoms with Gasteiger partial charge in [-0.3, -0.25) is 4.79 Å². The van der Waals surface area contributed by atoms with E-state index in [0.29, 0.717) is 44.3 Å². The van der Waals surface area contributed by atoms with Crippen molar-refractivity contribution in [2.24, 2.45) is 0 Å². The standard InChI is InChI=1S/C25H20Cl2N4O3S/c1-16(32)28-18-6-8-19(9-7-18)31(35)25(33)29-22-14-21(27)23(30-12-2-3-13-30)15-24(22)34-20-10-4-17(26)5-11-20/h2-15,35H,1H3,(H,28,32)(H,29,33). The molecule has 0 saturated heterocycles. The SMILES string of the molecule is CC(=O)Nc1ccc(N(S)C(=O)Nc2cc(Cl)c(-n3cccc3)cc2Oc2ccc(Cl)cc2)cc1. The molecule has 0 aliphatic rings. The maximum atomic E-state index is 13.0. The third-order valence-electron chi connectivity index (χ3n) is 4.84. The summed E-state index contributed by atoms with van der Waals surface area (Å²) in [6.07, 6.45) is 3.71. The summed E-state index contributed by atoms with van der Waals surface area (Å²) in [4.78, 5) is 24.2. The highest BCUT2D eigenvalue weighted by molar-refractivity contribution is 7.82. The molecule has 0 fully saturated rings. The number of carbonyl (C=O) groups is 2.